The largest absolute Gasteiger partial charge is 0.461 e. The number of carbonyl (C=O) groups excluding carboxylic acids is 1. The fraction of sp³-hybridized carbons (Fsp3) is 0.308. The molecule has 34 heavy (non-hydrogen) atoms. The number of nitrogens with zero attached hydrogens (tertiary/aromatic N) is 4. The zero-order valence-corrected chi connectivity index (χ0v) is 19.9. The van der Waals surface area contributed by atoms with Crippen molar-refractivity contribution in [1.29, 1.82) is 5.26 Å². The minimum absolute atomic E-state index is 0.00223. The summed E-state index contributed by atoms with van der Waals surface area (Å²) in [6, 6.07) is 16.8. The average molecular weight is 476 g/mol. The van der Waals surface area contributed by atoms with Crippen LogP contribution in [0.5, 0.6) is 6.01 Å². The molecule has 1 N–H and O–H groups in total. The summed E-state index contributed by atoms with van der Waals surface area (Å²) < 4.78 is 5.59. The van der Waals surface area contributed by atoms with Gasteiger partial charge in [-0.25, -0.2) is 9.97 Å². The lowest BCUT2D eigenvalue weighted by atomic mass is 10.00. The molecule has 1 aliphatic rings. The Morgan fingerprint density at radius 3 is 2.41 bits per heavy atom. The van der Waals surface area contributed by atoms with Crippen molar-refractivity contribution in [2.24, 2.45) is 0 Å². The highest BCUT2D eigenvalue weighted by atomic mass is 35.5. The van der Waals surface area contributed by atoms with Crippen LogP contribution in [0.4, 0.5) is 0 Å². The smallest absolute Gasteiger partial charge is 0.316 e. The van der Waals surface area contributed by atoms with Gasteiger partial charge in [0.05, 0.1) is 23.8 Å². The molecular weight excluding hydrogens is 450 g/mol. The zero-order valence-electron chi connectivity index (χ0n) is 19.1. The Morgan fingerprint density at radius 2 is 1.79 bits per heavy atom. The molecule has 1 aromatic heterocycles. The second kappa shape index (κ2) is 10.6. The third kappa shape index (κ3) is 5.71. The van der Waals surface area contributed by atoms with Gasteiger partial charge in [0.15, 0.2) is 0 Å². The lowest BCUT2D eigenvalue weighted by molar-refractivity contribution is 0.0937. The third-order valence-corrected chi connectivity index (χ3v) is 5.94. The summed E-state index contributed by atoms with van der Waals surface area (Å²) in [6.07, 6.45) is 4.41. The van der Waals surface area contributed by atoms with Crippen molar-refractivity contribution in [1.82, 2.24) is 20.2 Å². The van der Waals surface area contributed by atoms with E-state index in [1.165, 1.54) is 0 Å². The van der Waals surface area contributed by atoms with E-state index in [-0.39, 0.29) is 24.1 Å². The Labute approximate surface area is 204 Å². The summed E-state index contributed by atoms with van der Waals surface area (Å²) in [5.41, 5.74) is 3.09. The summed E-state index contributed by atoms with van der Waals surface area (Å²) in [6.45, 7) is 5.35. The number of benzene rings is 2. The predicted octanol–water partition coefficient (Wildman–Crippen LogP) is 4.38. The summed E-state index contributed by atoms with van der Waals surface area (Å²) in [5, 5.41) is 12.8. The van der Waals surface area contributed by atoms with Crippen LogP contribution in [-0.2, 0) is 0 Å². The van der Waals surface area contributed by atoms with Crippen molar-refractivity contribution < 1.29 is 9.53 Å². The van der Waals surface area contributed by atoms with E-state index in [1.807, 2.05) is 38.1 Å². The number of nitriles is 1. The first-order valence-corrected chi connectivity index (χ1v) is 11.6. The van der Waals surface area contributed by atoms with E-state index in [9.17, 15) is 4.79 Å². The molecule has 0 saturated carbocycles. The molecule has 174 valence electrons. The molecule has 4 rings (SSSR count). The van der Waals surface area contributed by atoms with Crippen LogP contribution in [0, 0.1) is 11.3 Å². The van der Waals surface area contributed by atoms with Crippen molar-refractivity contribution in [2.75, 3.05) is 13.1 Å². The number of amides is 1. The number of halogens is 1. The second-order valence-corrected chi connectivity index (χ2v) is 9.00. The van der Waals surface area contributed by atoms with Crippen LogP contribution in [0.15, 0.2) is 60.9 Å². The Morgan fingerprint density at radius 1 is 1.12 bits per heavy atom. The molecule has 1 unspecified atom stereocenters. The van der Waals surface area contributed by atoms with Crippen molar-refractivity contribution >= 4 is 17.5 Å². The fourth-order valence-electron chi connectivity index (χ4n) is 4.10. The normalized spacial score (nSPS) is 16.7. The predicted molar refractivity (Wildman–Crippen MR) is 130 cm³/mol. The van der Waals surface area contributed by atoms with Gasteiger partial charge in [0.2, 0.25) is 0 Å². The van der Waals surface area contributed by atoms with Crippen LogP contribution in [0.2, 0.25) is 5.02 Å². The SMILES string of the molecule is CC(C)Oc1ncc(C(c2ccc(Cl)cc2)N2CC[C@@H](NC(=O)c3ccc(C#N)cc3)C2)cn1. The molecule has 0 radical (unpaired) electrons. The maximum absolute atomic E-state index is 12.7. The van der Waals surface area contributed by atoms with E-state index in [2.05, 4.69) is 26.3 Å². The molecule has 0 spiro atoms. The molecule has 1 fully saturated rings. The standard InChI is InChI=1S/C26H26ClN5O2/c1-17(2)34-26-29-14-21(15-30-26)24(19-7-9-22(27)10-8-19)32-12-11-23(16-32)31-25(33)20-5-3-18(13-28)4-6-20/h3-10,14-15,17,23-24H,11-12,16H2,1-2H3,(H,31,33)/t23-,24?/m1/s1. The van der Waals surface area contributed by atoms with Crippen LogP contribution in [0.1, 0.15) is 53.4 Å². The van der Waals surface area contributed by atoms with Gasteiger partial charge in [-0.1, -0.05) is 23.7 Å². The lowest BCUT2D eigenvalue weighted by Crippen LogP contribution is -2.38. The molecule has 2 aromatic carbocycles. The van der Waals surface area contributed by atoms with Gasteiger partial charge in [-0.15, -0.1) is 0 Å². The molecule has 2 atom stereocenters. The minimum atomic E-state index is -0.141. The number of nitrogens with one attached hydrogen (secondary N) is 1. The lowest BCUT2D eigenvalue weighted by Gasteiger charge is -2.28. The number of likely N-dealkylation sites (tertiary alicyclic amines) is 1. The second-order valence-electron chi connectivity index (χ2n) is 8.56. The van der Waals surface area contributed by atoms with Crippen LogP contribution in [0.25, 0.3) is 0 Å². The average Bonchev–Trinajstić information content (AvgIpc) is 3.29. The van der Waals surface area contributed by atoms with Crippen molar-refractivity contribution in [3.8, 4) is 12.1 Å². The van der Waals surface area contributed by atoms with Gasteiger partial charge in [-0.3, -0.25) is 9.69 Å². The number of aromatic nitrogens is 2. The first kappa shape index (κ1) is 23.7. The Kier molecular flexibility index (Phi) is 7.41. The Bertz CT molecular complexity index is 1160. The number of hydrogen-bond donors (Lipinski definition) is 1. The molecule has 1 aliphatic heterocycles. The number of hydrogen-bond acceptors (Lipinski definition) is 6. The number of ether oxygens (including phenoxy) is 1. The zero-order chi connectivity index (χ0) is 24.1. The molecule has 7 nitrogen and oxygen atoms in total. The van der Waals surface area contributed by atoms with Crippen molar-refractivity contribution in [3.05, 3.63) is 88.2 Å². The number of carbonyl (C=O) groups is 1. The van der Waals surface area contributed by atoms with Gasteiger partial charge >= 0.3 is 6.01 Å². The Balaban J connectivity index is 1.51. The molecule has 2 heterocycles. The topological polar surface area (TPSA) is 91.1 Å². The van der Waals surface area contributed by atoms with Gasteiger partial charge in [-0.2, -0.15) is 5.26 Å². The minimum Gasteiger partial charge on any atom is -0.461 e. The maximum Gasteiger partial charge on any atom is 0.316 e. The van der Waals surface area contributed by atoms with Crippen LogP contribution in [0.3, 0.4) is 0 Å². The van der Waals surface area contributed by atoms with E-state index in [0.717, 1.165) is 24.1 Å². The third-order valence-electron chi connectivity index (χ3n) is 5.69. The maximum atomic E-state index is 12.7. The monoisotopic (exact) mass is 475 g/mol. The molecule has 1 amide bonds. The van der Waals surface area contributed by atoms with E-state index in [4.69, 9.17) is 21.6 Å². The van der Waals surface area contributed by atoms with Crippen molar-refractivity contribution in [3.63, 3.8) is 0 Å². The van der Waals surface area contributed by atoms with Crippen LogP contribution >= 0.6 is 11.6 Å². The highest BCUT2D eigenvalue weighted by molar-refractivity contribution is 6.30. The van der Waals surface area contributed by atoms with Gasteiger partial charge in [0.1, 0.15) is 0 Å². The molecule has 1 saturated heterocycles. The number of rotatable bonds is 7. The van der Waals surface area contributed by atoms with Crippen LogP contribution < -0.4 is 10.1 Å². The van der Waals surface area contributed by atoms with Crippen LogP contribution in [-0.4, -0.2) is 46.0 Å². The fourth-order valence-corrected chi connectivity index (χ4v) is 4.23. The summed E-state index contributed by atoms with van der Waals surface area (Å²) >= 11 is 6.13. The van der Waals surface area contributed by atoms with E-state index in [1.54, 1.807) is 36.7 Å². The quantitative estimate of drug-likeness (QED) is 0.545. The first-order chi connectivity index (χ1) is 16.4. The Hall–Kier alpha value is -3.47. The molecular formula is C26H26ClN5O2. The van der Waals surface area contributed by atoms with E-state index >= 15 is 0 Å². The molecule has 3 aromatic rings. The van der Waals surface area contributed by atoms with E-state index in [0.29, 0.717) is 28.7 Å². The summed E-state index contributed by atoms with van der Waals surface area (Å²) in [7, 11) is 0. The van der Waals surface area contributed by atoms with Gasteiger partial charge in [-0.05, 0) is 62.2 Å². The summed E-state index contributed by atoms with van der Waals surface area (Å²) in [5.74, 6) is -0.141. The van der Waals surface area contributed by atoms with Gasteiger partial charge < -0.3 is 10.1 Å². The summed E-state index contributed by atoms with van der Waals surface area (Å²) in [4.78, 5) is 23.8. The molecule has 0 bridgehead atoms. The van der Waals surface area contributed by atoms with Gasteiger partial charge in [0, 0.05) is 47.7 Å². The molecule has 8 heteroatoms. The first-order valence-electron chi connectivity index (χ1n) is 11.2. The highest BCUT2D eigenvalue weighted by Crippen LogP contribution is 2.32. The van der Waals surface area contributed by atoms with E-state index < -0.39 is 0 Å². The van der Waals surface area contributed by atoms with Crippen molar-refractivity contribution in [2.45, 2.75) is 38.5 Å². The molecule has 0 aliphatic carbocycles. The van der Waals surface area contributed by atoms with Gasteiger partial charge in [0.25, 0.3) is 5.91 Å². The highest BCUT2D eigenvalue weighted by Gasteiger charge is 2.31.